The van der Waals surface area contributed by atoms with Crippen LogP contribution in [0, 0.1) is 13.8 Å². The Labute approximate surface area is 121 Å². The maximum absolute atomic E-state index is 2.37. The quantitative estimate of drug-likeness (QED) is 0.835. The Balaban J connectivity index is 0.00000147. The van der Waals surface area contributed by atoms with Crippen LogP contribution in [0.3, 0.4) is 0 Å². The highest BCUT2D eigenvalue weighted by atomic mass is 15.1. The molecule has 0 bridgehead atoms. The van der Waals surface area contributed by atoms with Crippen LogP contribution < -0.4 is 6.15 Å². The second-order valence-corrected chi connectivity index (χ2v) is 5.68. The van der Waals surface area contributed by atoms with Gasteiger partial charge in [0.05, 0.1) is 0 Å². The van der Waals surface area contributed by atoms with Crippen molar-refractivity contribution in [1.82, 2.24) is 11.1 Å². The van der Waals surface area contributed by atoms with E-state index in [2.05, 4.69) is 62.2 Å². The summed E-state index contributed by atoms with van der Waals surface area (Å²) >= 11 is 0. The van der Waals surface area contributed by atoms with Crippen LogP contribution >= 0.6 is 0 Å². The summed E-state index contributed by atoms with van der Waals surface area (Å²) in [5, 5.41) is 2.75. The fraction of sp³-hybridized carbons (Fsp3) is 0.333. The predicted molar refractivity (Wildman–Crippen MR) is 88.5 cm³/mol. The molecule has 0 saturated carbocycles. The van der Waals surface area contributed by atoms with Gasteiger partial charge in [0.25, 0.3) is 0 Å². The molecule has 0 radical (unpaired) electrons. The molecule has 0 aromatic heterocycles. The van der Waals surface area contributed by atoms with Gasteiger partial charge < -0.3 is 11.1 Å². The van der Waals surface area contributed by atoms with Crippen molar-refractivity contribution < 1.29 is 0 Å². The summed E-state index contributed by atoms with van der Waals surface area (Å²) < 4.78 is 0. The number of benzene rings is 2. The van der Waals surface area contributed by atoms with Gasteiger partial charge in [-0.1, -0.05) is 30.3 Å². The van der Waals surface area contributed by atoms with Crippen molar-refractivity contribution >= 4 is 16.3 Å². The van der Waals surface area contributed by atoms with Gasteiger partial charge in [-0.15, -0.1) is 0 Å². The third-order valence-electron chi connectivity index (χ3n) is 4.34. The predicted octanol–water partition coefficient (Wildman–Crippen LogP) is 4.34. The molecule has 2 nitrogen and oxygen atoms in total. The van der Waals surface area contributed by atoms with E-state index in [9.17, 15) is 0 Å². The van der Waals surface area contributed by atoms with Crippen LogP contribution in [0.1, 0.15) is 23.1 Å². The number of fused-ring (bicyclic) bond motifs is 1. The minimum Gasteiger partial charge on any atom is -0.344 e. The van der Waals surface area contributed by atoms with Crippen LogP contribution in [0.5, 0.6) is 0 Å². The maximum atomic E-state index is 2.37. The molecule has 0 fully saturated rings. The van der Waals surface area contributed by atoms with E-state index in [4.69, 9.17) is 0 Å². The lowest BCUT2D eigenvalue weighted by Crippen LogP contribution is -2.23. The molecule has 0 saturated heterocycles. The van der Waals surface area contributed by atoms with Gasteiger partial charge in [-0.3, -0.25) is 0 Å². The Morgan fingerprint density at radius 2 is 1.85 bits per heavy atom. The Morgan fingerprint density at radius 1 is 1.05 bits per heavy atom. The van der Waals surface area contributed by atoms with Gasteiger partial charge in [0.15, 0.2) is 0 Å². The van der Waals surface area contributed by atoms with Crippen molar-refractivity contribution in [3.63, 3.8) is 0 Å². The Morgan fingerprint density at radius 3 is 2.55 bits per heavy atom. The maximum Gasteiger partial charge on any atom is 0.0166 e. The number of likely N-dealkylation sites (N-methyl/N-ethyl adjacent to an activating group) is 1. The molecule has 1 aliphatic rings. The number of aryl methyl sites for hydroxylation is 2. The molecule has 0 amide bonds. The molecular weight excluding hydrogens is 244 g/mol. The highest BCUT2D eigenvalue weighted by Crippen LogP contribution is 2.28. The molecule has 1 heterocycles. The number of hydrogen-bond donors (Lipinski definition) is 1. The van der Waals surface area contributed by atoms with Gasteiger partial charge in [-0.05, 0) is 66.4 Å². The molecule has 3 N–H and O–H groups in total. The summed E-state index contributed by atoms with van der Waals surface area (Å²) in [5.41, 5.74) is 5.67. The topological polar surface area (TPSA) is 38.2 Å². The van der Waals surface area contributed by atoms with Gasteiger partial charge in [-0.25, -0.2) is 0 Å². The van der Waals surface area contributed by atoms with E-state index in [1.54, 1.807) is 0 Å². The molecule has 0 atom stereocenters. The third kappa shape index (κ3) is 2.62. The molecule has 106 valence electrons. The highest BCUT2D eigenvalue weighted by molar-refractivity contribution is 5.89. The molecule has 2 aromatic carbocycles. The van der Waals surface area contributed by atoms with E-state index in [0.717, 1.165) is 19.5 Å². The zero-order chi connectivity index (χ0) is 13.4. The summed E-state index contributed by atoms with van der Waals surface area (Å²) in [5.74, 6) is 0. The first-order valence-corrected chi connectivity index (χ1v) is 7.03. The van der Waals surface area contributed by atoms with Crippen LogP contribution in [-0.4, -0.2) is 25.0 Å². The van der Waals surface area contributed by atoms with E-state index < -0.39 is 0 Å². The molecular formula is C18H24N2. The van der Waals surface area contributed by atoms with Crippen LogP contribution in [0.2, 0.25) is 0 Å². The summed E-state index contributed by atoms with van der Waals surface area (Å²) in [6.07, 6.45) is 3.53. The molecule has 0 unspecified atom stereocenters. The summed E-state index contributed by atoms with van der Waals surface area (Å²) in [6.45, 7) is 6.63. The van der Waals surface area contributed by atoms with E-state index in [-0.39, 0.29) is 6.15 Å². The van der Waals surface area contributed by atoms with E-state index in [1.807, 2.05) is 0 Å². The van der Waals surface area contributed by atoms with E-state index in [1.165, 1.54) is 33.0 Å². The van der Waals surface area contributed by atoms with Crippen LogP contribution in [0.25, 0.3) is 16.3 Å². The fourth-order valence-electron chi connectivity index (χ4n) is 2.83. The van der Waals surface area contributed by atoms with Crippen molar-refractivity contribution in [2.24, 2.45) is 0 Å². The van der Waals surface area contributed by atoms with Crippen molar-refractivity contribution in [1.29, 1.82) is 0 Å². The molecule has 0 spiro atoms. The Bertz CT molecular complexity index is 656. The molecule has 20 heavy (non-hydrogen) atoms. The van der Waals surface area contributed by atoms with Gasteiger partial charge in [-0.2, -0.15) is 0 Å². The molecule has 3 rings (SSSR count). The lowest BCUT2D eigenvalue weighted by atomic mass is 9.94. The zero-order valence-corrected chi connectivity index (χ0v) is 12.7. The van der Waals surface area contributed by atoms with Crippen LogP contribution in [0.15, 0.2) is 36.4 Å². The monoisotopic (exact) mass is 268 g/mol. The van der Waals surface area contributed by atoms with Gasteiger partial charge in [0.2, 0.25) is 0 Å². The second-order valence-electron chi connectivity index (χ2n) is 5.68. The standard InChI is InChI=1S/C18H21N.H3N/c1-13-4-5-17-12-16(6-7-18(17)14(13)2)15-8-10-19(3)11-9-15;/h4-8,12H,9-11H2,1-3H3;1H3. The second kappa shape index (κ2) is 5.78. The first-order chi connectivity index (χ1) is 9.15. The lowest BCUT2D eigenvalue weighted by molar-refractivity contribution is 0.370. The first kappa shape index (κ1) is 14.8. The van der Waals surface area contributed by atoms with Crippen LogP contribution in [0.4, 0.5) is 0 Å². The van der Waals surface area contributed by atoms with Crippen molar-refractivity contribution in [2.75, 3.05) is 20.1 Å². The summed E-state index contributed by atoms with van der Waals surface area (Å²) in [4.78, 5) is 2.36. The molecule has 2 aromatic rings. The third-order valence-corrected chi connectivity index (χ3v) is 4.34. The smallest absolute Gasteiger partial charge is 0.0166 e. The summed E-state index contributed by atoms with van der Waals surface area (Å²) in [7, 11) is 2.18. The van der Waals surface area contributed by atoms with E-state index >= 15 is 0 Å². The van der Waals surface area contributed by atoms with Crippen molar-refractivity contribution in [3.8, 4) is 0 Å². The fourth-order valence-corrected chi connectivity index (χ4v) is 2.83. The molecule has 0 aliphatic carbocycles. The SMILES string of the molecule is Cc1ccc2cc(C3=CCN(C)CC3)ccc2c1C.N. The first-order valence-electron chi connectivity index (χ1n) is 7.03. The number of nitrogens with zero attached hydrogens (tertiary/aromatic N) is 1. The average Bonchev–Trinajstić information content (AvgIpc) is 2.43. The summed E-state index contributed by atoms with van der Waals surface area (Å²) in [6, 6.07) is 11.4. The zero-order valence-electron chi connectivity index (χ0n) is 12.7. The highest BCUT2D eigenvalue weighted by Gasteiger charge is 2.10. The van der Waals surface area contributed by atoms with Crippen molar-refractivity contribution in [3.05, 3.63) is 53.1 Å². The minimum absolute atomic E-state index is 0. The number of rotatable bonds is 1. The van der Waals surface area contributed by atoms with Gasteiger partial charge >= 0.3 is 0 Å². The van der Waals surface area contributed by atoms with Crippen molar-refractivity contribution in [2.45, 2.75) is 20.3 Å². The average molecular weight is 268 g/mol. The van der Waals surface area contributed by atoms with Gasteiger partial charge in [0.1, 0.15) is 0 Å². The van der Waals surface area contributed by atoms with E-state index in [0.29, 0.717) is 0 Å². The normalized spacial score (nSPS) is 15.8. The molecule has 1 aliphatic heterocycles. The molecule has 2 heteroatoms. The Kier molecular flexibility index (Phi) is 4.26. The Hall–Kier alpha value is -1.64. The largest absolute Gasteiger partial charge is 0.344 e. The van der Waals surface area contributed by atoms with Crippen LogP contribution in [-0.2, 0) is 0 Å². The minimum atomic E-state index is 0. The van der Waals surface area contributed by atoms with Gasteiger partial charge in [0, 0.05) is 13.1 Å². The number of hydrogen-bond acceptors (Lipinski definition) is 2. The lowest BCUT2D eigenvalue weighted by Gasteiger charge is -2.22.